The number of para-hydroxylation sites is 1. The van der Waals surface area contributed by atoms with E-state index in [9.17, 15) is 4.79 Å². The highest BCUT2D eigenvalue weighted by Crippen LogP contribution is 2.13. The molecule has 0 amide bonds. The Labute approximate surface area is 114 Å². The number of fused-ring (bicyclic) bond motifs is 1. The Hall–Kier alpha value is -1.74. The molecule has 0 aliphatic heterocycles. The molecule has 1 heterocycles. The van der Waals surface area contributed by atoms with E-state index in [4.69, 9.17) is 0 Å². The summed E-state index contributed by atoms with van der Waals surface area (Å²) in [4.78, 5) is 16.7. The number of hydrogen-bond acceptors (Lipinski definition) is 3. The van der Waals surface area contributed by atoms with E-state index in [-0.39, 0.29) is 17.7 Å². The van der Waals surface area contributed by atoms with Crippen molar-refractivity contribution in [3.8, 4) is 0 Å². The minimum Gasteiger partial charge on any atom is -0.310 e. The van der Waals surface area contributed by atoms with E-state index in [0.717, 1.165) is 16.6 Å². The van der Waals surface area contributed by atoms with E-state index in [1.807, 2.05) is 51.2 Å². The molecule has 0 bridgehead atoms. The van der Waals surface area contributed by atoms with Gasteiger partial charge >= 0.3 is 0 Å². The van der Waals surface area contributed by atoms with Crippen LogP contribution in [0.15, 0.2) is 36.4 Å². The van der Waals surface area contributed by atoms with Crippen LogP contribution in [0, 0.1) is 5.92 Å². The highest BCUT2D eigenvalue weighted by atomic mass is 16.1. The molecule has 0 saturated heterocycles. The average molecular weight is 256 g/mol. The molecule has 3 nitrogen and oxygen atoms in total. The van der Waals surface area contributed by atoms with Crippen molar-refractivity contribution in [2.75, 3.05) is 7.05 Å². The first-order chi connectivity index (χ1) is 9.11. The average Bonchev–Trinajstić information content (AvgIpc) is 2.43. The maximum absolute atomic E-state index is 12.1. The SMILES string of the molecule is CN[C@@H](Cc1ccc2ccccc2n1)C(=O)C(C)C. The van der Waals surface area contributed by atoms with Crippen LogP contribution in [0.4, 0.5) is 0 Å². The van der Waals surface area contributed by atoms with Gasteiger partial charge < -0.3 is 5.32 Å². The Morgan fingerprint density at radius 3 is 2.63 bits per heavy atom. The number of hydrogen-bond donors (Lipinski definition) is 1. The number of aromatic nitrogens is 1. The number of carbonyl (C=O) groups excluding carboxylic acids is 1. The van der Waals surface area contributed by atoms with Crippen molar-refractivity contribution in [1.29, 1.82) is 0 Å². The molecule has 1 atom stereocenters. The van der Waals surface area contributed by atoms with Gasteiger partial charge in [0.15, 0.2) is 5.78 Å². The molecular weight excluding hydrogens is 236 g/mol. The number of pyridine rings is 1. The molecule has 0 saturated carbocycles. The molecule has 0 unspecified atom stereocenters. The quantitative estimate of drug-likeness (QED) is 0.894. The Morgan fingerprint density at radius 2 is 1.95 bits per heavy atom. The molecule has 0 radical (unpaired) electrons. The summed E-state index contributed by atoms with van der Waals surface area (Å²) in [5, 5.41) is 4.22. The van der Waals surface area contributed by atoms with Crippen molar-refractivity contribution >= 4 is 16.7 Å². The number of rotatable bonds is 5. The summed E-state index contributed by atoms with van der Waals surface area (Å²) < 4.78 is 0. The fourth-order valence-corrected chi connectivity index (χ4v) is 2.18. The molecular formula is C16H20N2O. The van der Waals surface area contributed by atoms with Crippen LogP contribution in [-0.4, -0.2) is 23.9 Å². The van der Waals surface area contributed by atoms with Crippen molar-refractivity contribution in [3.63, 3.8) is 0 Å². The molecule has 0 fully saturated rings. The number of likely N-dealkylation sites (N-methyl/N-ethyl adjacent to an activating group) is 1. The van der Waals surface area contributed by atoms with E-state index in [1.165, 1.54) is 0 Å². The summed E-state index contributed by atoms with van der Waals surface area (Å²) >= 11 is 0. The Balaban J connectivity index is 2.22. The van der Waals surface area contributed by atoms with Gasteiger partial charge in [-0.1, -0.05) is 38.1 Å². The lowest BCUT2D eigenvalue weighted by atomic mass is 9.97. The lowest BCUT2D eigenvalue weighted by Gasteiger charge is -2.17. The van der Waals surface area contributed by atoms with Crippen LogP contribution < -0.4 is 5.32 Å². The molecule has 19 heavy (non-hydrogen) atoms. The second-order valence-corrected chi connectivity index (χ2v) is 5.10. The molecule has 3 heteroatoms. The number of carbonyl (C=O) groups is 1. The van der Waals surface area contributed by atoms with E-state index in [0.29, 0.717) is 6.42 Å². The lowest BCUT2D eigenvalue weighted by Crippen LogP contribution is -2.38. The van der Waals surface area contributed by atoms with Crippen LogP contribution in [0.2, 0.25) is 0 Å². The largest absolute Gasteiger partial charge is 0.310 e. The van der Waals surface area contributed by atoms with Gasteiger partial charge in [-0.25, -0.2) is 0 Å². The molecule has 1 N–H and O–H groups in total. The number of nitrogens with zero attached hydrogens (tertiary/aromatic N) is 1. The van der Waals surface area contributed by atoms with Crippen LogP contribution in [0.5, 0.6) is 0 Å². The number of nitrogens with one attached hydrogen (secondary N) is 1. The van der Waals surface area contributed by atoms with Gasteiger partial charge in [-0.15, -0.1) is 0 Å². The summed E-state index contributed by atoms with van der Waals surface area (Å²) in [6.45, 7) is 3.86. The third-order valence-electron chi connectivity index (χ3n) is 3.33. The van der Waals surface area contributed by atoms with Gasteiger partial charge in [0.25, 0.3) is 0 Å². The molecule has 100 valence electrons. The lowest BCUT2D eigenvalue weighted by molar-refractivity contribution is -0.123. The van der Waals surface area contributed by atoms with Gasteiger partial charge in [-0.2, -0.15) is 0 Å². The van der Waals surface area contributed by atoms with Gasteiger partial charge in [0.1, 0.15) is 0 Å². The highest BCUT2D eigenvalue weighted by Gasteiger charge is 2.20. The minimum absolute atomic E-state index is 0.0397. The molecule has 2 aromatic rings. The van der Waals surface area contributed by atoms with Crippen LogP contribution >= 0.6 is 0 Å². The van der Waals surface area contributed by atoms with E-state index in [2.05, 4.69) is 16.4 Å². The first-order valence-electron chi connectivity index (χ1n) is 6.67. The fraction of sp³-hybridized carbons (Fsp3) is 0.375. The van der Waals surface area contributed by atoms with E-state index in [1.54, 1.807) is 0 Å². The molecule has 1 aromatic carbocycles. The van der Waals surface area contributed by atoms with Gasteiger partial charge in [0, 0.05) is 23.4 Å². The topological polar surface area (TPSA) is 42.0 Å². The highest BCUT2D eigenvalue weighted by molar-refractivity contribution is 5.86. The molecule has 2 rings (SSSR count). The summed E-state index contributed by atoms with van der Waals surface area (Å²) in [7, 11) is 1.83. The Morgan fingerprint density at radius 1 is 1.21 bits per heavy atom. The zero-order chi connectivity index (χ0) is 13.8. The molecule has 0 aliphatic carbocycles. The molecule has 0 aliphatic rings. The second-order valence-electron chi connectivity index (χ2n) is 5.10. The summed E-state index contributed by atoms with van der Waals surface area (Å²) in [5.41, 5.74) is 1.93. The predicted octanol–water partition coefficient (Wildman–Crippen LogP) is 2.59. The van der Waals surface area contributed by atoms with Crippen molar-refractivity contribution < 1.29 is 4.79 Å². The normalized spacial score (nSPS) is 12.8. The maximum Gasteiger partial charge on any atom is 0.152 e. The van der Waals surface area contributed by atoms with Crippen molar-refractivity contribution in [3.05, 3.63) is 42.1 Å². The third-order valence-corrected chi connectivity index (χ3v) is 3.33. The summed E-state index contributed by atoms with van der Waals surface area (Å²) in [6.07, 6.45) is 0.637. The van der Waals surface area contributed by atoms with Crippen molar-refractivity contribution in [2.45, 2.75) is 26.3 Å². The fourth-order valence-electron chi connectivity index (χ4n) is 2.18. The number of benzene rings is 1. The van der Waals surface area contributed by atoms with Gasteiger partial charge in [-0.05, 0) is 19.2 Å². The molecule has 1 aromatic heterocycles. The van der Waals surface area contributed by atoms with Gasteiger partial charge in [-0.3, -0.25) is 9.78 Å². The van der Waals surface area contributed by atoms with Gasteiger partial charge in [0.05, 0.1) is 11.6 Å². The predicted molar refractivity (Wildman–Crippen MR) is 78.1 cm³/mol. The standard InChI is InChI=1S/C16H20N2O/c1-11(2)16(19)15(17-3)10-13-9-8-12-6-4-5-7-14(12)18-13/h4-9,11,15,17H,10H2,1-3H3/t15-/m0/s1. The first-order valence-corrected chi connectivity index (χ1v) is 6.67. The zero-order valence-corrected chi connectivity index (χ0v) is 11.7. The Bertz CT molecular complexity index is 578. The van der Waals surface area contributed by atoms with Crippen LogP contribution in [0.1, 0.15) is 19.5 Å². The van der Waals surface area contributed by atoms with Crippen LogP contribution in [0.25, 0.3) is 10.9 Å². The first kappa shape index (κ1) is 13.7. The van der Waals surface area contributed by atoms with E-state index < -0.39 is 0 Å². The monoisotopic (exact) mass is 256 g/mol. The van der Waals surface area contributed by atoms with E-state index >= 15 is 0 Å². The smallest absolute Gasteiger partial charge is 0.152 e. The summed E-state index contributed by atoms with van der Waals surface area (Å²) in [5.74, 6) is 0.273. The third kappa shape index (κ3) is 3.18. The number of ketones is 1. The summed E-state index contributed by atoms with van der Waals surface area (Å²) in [6, 6.07) is 11.9. The minimum atomic E-state index is -0.159. The zero-order valence-electron chi connectivity index (χ0n) is 11.7. The van der Waals surface area contributed by atoms with Crippen molar-refractivity contribution in [2.24, 2.45) is 5.92 Å². The van der Waals surface area contributed by atoms with Crippen LogP contribution in [-0.2, 0) is 11.2 Å². The Kier molecular flexibility index (Phi) is 4.27. The van der Waals surface area contributed by atoms with Crippen LogP contribution in [0.3, 0.4) is 0 Å². The van der Waals surface area contributed by atoms with Crippen molar-refractivity contribution in [1.82, 2.24) is 10.3 Å². The second kappa shape index (κ2) is 5.93. The number of Topliss-reactive ketones (excluding diaryl/α,β-unsaturated/α-hetero) is 1. The maximum atomic E-state index is 12.1. The molecule has 0 spiro atoms. The van der Waals surface area contributed by atoms with Gasteiger partial charge in [0.2, 0.25) is 0 Å².